The molecular weight excluding hydrogens is 252 g/mol. The number of rotatable bonds is 12. The van der Waals surface area contributed by atoms with Crippen molar-refractivity contribution in [1.29, 1.82) is 0 Å². The Kier molecular flexibility index (Phi) is 11.6. The largest absolute Gasteiger partial charge is 0.0882 e. The number of benzene rings is 1. The molecule has 0 bridgehead atoms. The zero-order chi connectivity index (χ0) is 15.0. The molecule has 0 aromatic heterocycles. The van der Waals surface area contributed by atoms with E-state index in [0.29, 0.717) is 0 Å². The third-order valence-corrected chi connectivity index (χ3v) is 3.76. The number of unbranched alkanes of at least 4 members (excludes halogenated alkanes) is 6. The van der Waals surface area contributed by atoms with E-state index in [2.05, 4.69) is 61.6 Å². The lowest BCUT2D eigenvalue weighted by atomic mass is 10.1. The number of aryl methyl sites for hydroxylation is 1. The van der Waals surface area contributed by atoms with Crippen molar-refractivity contribution in [3.05, 3.63) is 60.2 Å². The van der Waals surface area contributed by atoms with Crippen molar-refractivity contribution in [3.8, 4) is 0 Å². The van der Waals surface area contributed by atoms with Crippen LogP contribution in [0.5, 0.6) is 0 Å². The molecule has 0 spiro atoms. The van der Waals surface area contributed by atoms with Gasteiger partial charge in [-0.25, -0.2) is 0 Å². The summed E-state index contributed by atoms with van der Waals surface area (Å²) < 4.78 is 0. The standard InChI is InChI=1S/C21H32/c1-2-3-4-5-6-7-8-9-10-11-12-13-15-18-21-19-16-14-17-20-21/h5-6,8-9,14,16-17,19-20H,2-4,7,10-13,15,18H2,1H3/b6-5+,9-8+. The van der Waals surface area contributed by atoms with Crippen LogP contribution in [0.4, 0.5) is 0 Å². The molecule has 0 aliphatic rings. The average Bonchev–Trinajstić information content (AvgIpc) is 2.53. The predicted octanol–water partition coefficient (Wildman–Crippen LogP) is 6.87. The van der Waals surface area contributed by atoms with Crippen LogP contribution in [-0.4, -0.2) is 0 Å². The summed E-state index contributed by atoms with van der Waals surface area (Å²) in [6.45, 7) is 2.24. The Morgan fingerprint density at radius 1 is 0.714 bits per heavy atom. The average molecular weight is 284 g/mol. The smallest absolute Gasteiger partial charge is 0.0169 e. The van der Waals surface area contributed by atoms with Crippen molar-refractivity contribution < 1.29 is 0 Å². The van der Waals surface area contributed by atoms with Crippen molar-refractivity contribution in [2.75, 3.05) is 0 Å². The van der Waals surface area contributed by atoms with Crippen molar-refractivity contribution in [2.45, 2.75) is 71.1 Å². The van der Waals surface area contributed by atoms with Crippen LogP contribution in [-0.2, 0) is 6.42 Å². The van der Waals surface area contributed by atoms with Gasteiger partial charge in [0.1, 0.15) is 0 Å². The molecular formula is C21H32. The lowest BCUT2D eigenvalue weighted by molar-refractivity contribution is 0.646. The first-order valence-corrected chi connectivity index (χ1v) is 8.77. The van der Waals surface area contributed by atoms with Crippen LogP contribution in [0.3, 0.4) is 0 Å². The summed E-state index contributed by atoms with van der Waals surface area (Å²) in [6.07, 6.45) is 22.1. The zero-order valence-electron chi connectivity index (χ0n) is 13.8. The molecule has 0 heterocycles. The van der Waals surface area contributed by atoms with E-state index in [-0.39, 0.29) is 0 Å². The molecule has 0 saturated heterocycles. The van der Waals surface area contributed by atoms with E-state index >= 15 is 0 Å². The summed E-state index contributed by atoms with van der Waals surface area (Å²) in [4.78, 5) is 0. The van der Waals surface area contributed by atoms with E-state index in [1.165, 1.54) is 63.4 Å². The van der Waals surface area contributed by atoms with Crippen LogP contribution in [0.25, 0.3) is 0 Å². The lowest BCUT2D eigenvalue weighted by Gasteiger charge is -2.00. The van der Waals surface area contributed by atoms with E-state index in [0.717, 1.165) is 6.42 Å². The molecule has 0 heteroatoms. The lowest BCUT2D eigenvalue weighted by Crippen LogP contribution is -1.85. The van der Waals surface area contributed by atoms with Gasteiger partial charge in [-0.2, -0.15) is 0 Å². The first-order valence-electron chi connectivity index (χ1n) is 8.77. The van der Waals surface area contributed by atoms with Gasteiger partial charge in [0.15, 0.2) is 0 Å². The molecule has 1 rings (SSSR count). The minimum absolute atomic E-state index is 1.11. The van der Waals surface area contributed by atoms with E-state index < -0.39 is 0 Å². The fourth-order valence-corrected chi connectivity index (χ4v) is 2.42. The van der Waals surface area contributed by atoms with Crippen LogP contribution in [0, 0.1) is 0 Å². The number of hydrogen-bond donors (Lipinski definition) is 0. The van der Waals surface area contributed by atoms with Crippen molar-refractivity contribution in [3.63, 3.8) is 0 Å². The molecule has 1 aromatic rings. The molecule has 0 aliphatic heterocycles. The van der Waals surface area contributed by atoms with Gasteiger partial charge in [0, 0.05) is 0 Å². The first-order chi connectivity index (χ1) is 10.4. The predicted molar refractivity (Wildman–Crippen MR) is 95.7 cm³/mol. The van der Waals surface area contributed by atoms with Gasteiger partial charge in [0.25, 0.3) is 0 Å². The number of allylic oxidation sites excluding steroid dienone is 4. The Morgan fingerprint density at radius 3 is 2.10 bits per heavy atom. The SMILES string of the molecule is CCCC/C=C/C/C=C/CCCCCCc1ccccc1. The fourth-order valence-electron chi connectivity index (χ4n) is 2.42. The Hall–Kier alpha value is -1.30. The molecule has 0 atom stereocenters. The highest BCUT2D eigenvalue weighted by Gasteiger charge is 1.92. The second kappa shape index (κ2) is 13.7. The maximum absolute atomic E-state index is 2.35. The van der Waals surface area contributed by atoms with Gasteiger partial charge in [-0.05, 0) is 44.1 Å². The van der Waals surface area contributed by atoms with E-state index in [4.69, 9.17) is 0 Å². The zero-order valence-corrected chi connectivity index (χ0v) is 13.8. The Labute approximate surface area is 132 Å². The summed E-state index contributed by atoms with van der Waals surface area (Å²) in [6, 6.07) is 10.8. The molecule has 0 fully saturated rings. The van der Waals surface area contributed by atoms with Crippen molar-refractivity contribution in [2.24, 2.45) is 0 Å². The van der Waals surface area contributed by atoms with Gasteiger partial charge in [0.2, 0.25) is 0 Å². The van der Waals surface area contributed by atoms with Gasteiger partial charge in [-0.3, -0.25) is 0 Å². The van der Waals surface area contributed by atoms with Gasteiger partial charge in [-0.15, -0.1) is 0 Å². The Bertz CT molecular complexity index is 372. The van der Waals surface area contributed by atoms with Gasteiger partial charge in [-0.1, -0.05) is 87.2 Å². The maximum Gasteiger partial charge on any atom is -0.0169 e. The molecule has 1 aromatic carbocycles. The van der Waals surface area contributed by atoms with Crippen molar-refractivity contribution >= 4 is 0 Å². The van der Waals surface area contributed by atoms with Crippen LogP contribution >= 0.6 is 0 Å². The molecule has 0 aliphatic carbocycles. The highest BCUT2D eigenvalue weighted by molar-refractivity contribution is 5.14. The third kappa shape index (κ3) is 11.1. The first kappa shape index (κ1) is 17.8. The molecule has 0 radical (unpaired) electrons. The molecule has 0 amide bonds. The molecule has 0 unspecified atom stereocenters. The van der Waals surface area contributed by atoms with Gasteiger partial charge < -0.3 is 0 Å². The summed E-state index contributed by atoms with van der Waals surface area (Å²) in [5, 5.41) is 0. The molecule has 116 valence electrons. The monoisotopic (exact) mass is 284 g/mol. The van der Waals surface area contributed by atoms with Gasteiger partial charge in [0.05, 0.1) is 0 Å². The second-order valence-corrected chi connectivity index (χ2v) is 5.76. The maximum atomic E-state index is 2.35. The van der Waals surface area contributed by atoms with Gasteiger partial charge >= 0.3 is 0 Å². The molecule has 21 heavy (non-hydrogen) atoms. The Balaban J connectivity index is 1.87. The normalized spacial score (nSPS) is 11.7. The highest BCUT2D eigenvalue weighted by atomic mass is 14.0. The van der Waals surface area contributed by atoms with Crippen LogP contribution in [0.2, 0.25) is 0 Å². The minimum atomic E-state index is 1.11. The summed E-state index contributed by atoms with van der Waals surface area (Å²) in [5.41, 5.74) is 1.48. The Morgan fingerprint density at radius 2 is 1.38 bits per heavy atom. The van der Waals surface area contributed by atoms with Crippen LogP contribution < -0.4 is 0 Å². The third-order valence-electron chi connectivity index (χ3n) is 3.76. The summed E-state index contributed by atoms with van der Waals surface area (Å²) >= 11 is 0. The quantitative estimate of drug-likeness (QED) is 0.290. The van der Waals surface area contributed by atoms with Crippen molar-refractivity contribution in [1.82, 2.24) is 0 Å². The molecule has 0 saturated carbocycles. The van der Waals surface area contributed by atoms with E-state index in [1.807, 2.05) is 0 Å². The van der Waals surface area contributed by atoms with Crippen LogP contribution in [0.15, 0.2) is 54.6 Å². The molecule has 0 nitrogen and oxygen atoms in total. The fraction of sp³-hybridized carbons (Fsp3) is 0.524. The number of hydrogen-bond acceptors (Lipinski definition) is 0. The summed E-state index contributed by atoms with van der Waals surface area (Å²) in [7, 11) is 0. The second-order valence-electron chi connectivity index (χ2n) is 5.76. The molecule has 0 N–H and O–H groups in total. The highest BCUT2D eigenvalue weighted by Crippen LogP contribution is 2.09. The van der Waals surface area contributed by atoms with Crippen LogP contribution in [0.1, 0.15) is 70.3 Å². The summed E-state index contributed by atoms with van der Waals surface area (Å²) in [5.74, 6) is 0. The topological polar surface area (TPSA) is 0 Å². The van der Waals surface area contributed by atoms with E-state index in [1.54, 1.807) is 0 Å². The minimum Gasteiger partial charge on any atom is -0.0882 e. The van der Waals surface area contributed by atoms with E-state index in [9.17, 15) is 0 Å².